The van der Waals surface area contributed by atoms with Crippen LogP contribution in [0.25, 0.3) is 0 Å². The van der Waals surface area contributed by atoms with Gasteiger partial charge in [-0.3, -0.25) is 4.79 Å². The second kappa shape index (κ2) is 7.09. The van der Waals surface area contributed by atoms with Crippen molar-refractivity contribution in [2.75, 3.05) is 11.9 Å². The molecule has 5 heteroatoms. The number of carbonyl (C=O) groups excluding carboxylic acids is 1. The normalized spacial score (nSPS) is 11.0. The molecule has 0 heterocycles. The summed E-state index contributed by atoms with van der Waals surface area (Å²) in [4.78, 5) is 11.8. The average molecular weight is 284 g/mol. The summed E-state index contributed by atoms with van der Waals surface area (Å²) in [5, 5.41) is 14.5. The molecule has 0 aliphatic rings. The van der Waals surface area contributed by atoms with Crippen molar-refractivity contribution in [3.8, 4) is 5.75 Å². The molecule has 2 aromatic rings. The Morgan fingerprint density at radius 1 is 1.14 bits per heavy atom. The number of ether oxygens (including phenoxy) is 1. The molecule has 0 radical (unpaired) electrons. The topological polar surface area (TPSA) is 70.9 Å². The van der Waals surface area contributed by atoms with Gasteiger partial charge in [-0.05, 0) is 36.8 Å². The third-order valence-electron chi connectivity index (χ3n) is 2.85. The van der Waals surface area contributed by atoms with E-state index in [4.69, 9.17) is 9.94 Å². The number of para-hydroxylation sites is 1. The lowest BCUT2D eigenvalue weighted by Gasteiger charge is -2.08. The number of rotatable bonds is 5. The van der Waals surface area contributed by atoms with Gasteiger partial charge in [0, 0.05) is 5.69 Å². The molecule has 0 aliphatic heterocycles. The van der Waals surface area contributed by atoms with Gasteiger partial charge in [0.15, 0.2) is 6.61 Å². The number of nitrogens with zero attached hydrogens (tertiary/aromatic N) is 1. The molecule has 5 nitrogen and oxygen atoms in total. The van der Waals surface area contributed by atoms with Crippen molar-refractivity contribution >= 4 is 17.3 Å². The lowest BCUT2D eigenvalue weighted by molar-refractivity contribution is -0.118. The molecule has 0 saturated heterocycles. The lowest BCUT2D eigenvalue weighted by atomic mass is 10.1. The fraction of sp³-hybridized carbons (Fsp3) is 0.125. The van der Waals surface area contributed by atoms with Gasteiger partial charge in [-0.2, -0.15) is 0 Å². The smallest absolute Gasteiger partial charge is 0.262 e. The van der Waals surface area contributed by atoms with Crippen molar-refractivity contribution in [2.24, 2.45) is 5.16 Å². The molecule has 1 amide bonds. The van der Waals surface area contributed by atoms with E-state index in [0.29, 0.717) is 17.1 Å². The van der Waals surface area contributed by atoms with Crippen LogP contribution in [-0.4, -0.2) is 23.4 Å². The number of hydrogen-bond acceptors (Lipinski definition) is 4. The minimum absolute atomic E-state index is 0.0527. The Balaban J connectivity index is 1.88. The largest absolute Gasteiger partial charge is 0.484 e. The predicted octanol–water partition coefficient (Wildman–Crippen LogP) is 2.90. The number of hydrogen-bond donors (Lipinski definition) is 2. The molecule has 0 aromatic heterocycles. The molecular weight excluding hydrogens is 268 g/mol. The highest BCUT2D eigenvalue weighted by atomic mass is 16.5. The van der Waals surface area contributed by atoms with Crippen LogP contribution >= 0.6 is 0 Å². The second-order valence-electron chi connectivity index (χ2n) is 4.41. The maximum absolute atomic E-state index is 11.8. The maximum Gasteiger partial charge on any atom is 0.262 e. The molecule has 2 N–H and O–H groups in total. The number of carbonyl (C=O) groups is 1. The molecule has 21 heavy (non-hydrogen) atoms. The number of nitrogens with one attached hydrogen (secondary N) is 1. The number of anilines is 1. The zero-order valence-corrected chi connectivity index (χ0v) is 11.6. The molecule has 2 rings (SSSR count). The van der Waals surface area contributed by atoms with Gasteiger partial charge in [-0.1, -0.05) is 35.5 Å². The predicted molar refractivity (Wildman–Crippen MR) is 81.0 cm³/mol. The fourth-order valence-electron chi connectivity index (χ4n) is 1.72. The minimum atomic E-state index is -0.237. The molecular formula is C16H16N2O3. The average Bonchev–Trinajstić information content (AvgIpc) is 2.54. The fourth-order valence-corrected chi connectivity index (χ4v) is 1.72. The Morgan fingerprint density at radius 3 is 2.43 bits per heavy atom. The second-order valence-corrected chi connectivity index (χ2v) is 4.41. The highest BCUT2D eigenvalue weighted by molar-refractivity contribution is 5.99. The van der Waals surface area contributed by atoms with Crippen LogP contribution in [0.2, 0.25) is 0 Å². The first-order valence-electron chi connectivity index (χ1n) is 6.46. The Hall–Kier alpha value is -2.82. The van der Waals surface area contributed by atoms with Crippen LogP contribution in [0.3, 0.4) is 0 Å². The van der Waals surface area contributed by atoms with Crippen molar-refractivity contribution < 1.29 is 14.7 Å². The van der Waals surface area contributed by atoms with Crippen molar-refractivity contribution in [3.63, 3.8) is 0 Å². The van der Waals surface area contributed by atoms with Crippen LogP contribution in [0.5, 0.6) is 5.75 Å². The first-order valence-corrected chi connectivity index (χ1v) is 6.46. The molecule has 0 fully saturated rings. The van der Waals surface area contributed by atoms with Crippen LogP contribution < -0.4 is 10.1 Å². The Morgan fingerprint density at radius 2 is 1.81 bits per heavy atom. The standard InChI is InChI=1S/C16H16N2O3/c1-12(18-20)13-7-9-14(10-8-13)17-16(19)11-21-15-5-3-2-4-6-15/h2-10,20H,11H2,1H3,(H,17,19). The highest BCUT2D eigenvalue weighted by Crippen LogP contribution is 2.11. The summed E-state index contributed by atoms with van der Waals surface area (Å²) >= 11 is 0. The first kappa shape index (κ1) is 14.6. The summed E-state index contributed by atoms with van der Waals surface area (Å²) in [6, 6.07) is 16.2. The Bertz CT molecular complexity index is 622. The van der Waals surface area contributed by atoms with Crippen LogP contribution in [0.15, 0.2) is 59.8 Å². The summed E-state index contributed by atoms with van der Waals surface area (Å²) in [6.45, 7) is 1.64. The molecule has 0 saturated carbocycles. The zero-order valence-electron chi connectivity index (χ0n) is 11.6. The van der Waals surface area contributed by atoms with Crippen LogP contribution in [0.4, 0.5) is 5.69 Å². The van der Waals surface area contributed by atoms with Gasteiger partial charge in [-0.15, -0.1) is 0 Å². The lowest BCUT2D eigenvalue weighted by Crippen LogP contribution is -2.20. The summed E-state index contributed by atoms with van der Waals surface area (Å²) in [6.07, 6.45) is 0. The summed E-state index contributed by atoms with van der Waals surface area (Å²) < 4.78 is 5.36. The van der Waals surface area contributed by atoms with Crippen LogP contribution in [-0.2, 0) is 4.79 Å². The SMILES string of the molecule is CC(=NO)c1ccc(NC(=O)COc2ccccc2)cc1. The van der Waals surface area contributed by atoms with Crippen LogP contribution in [0.1, 0.15) is 12.5 Å². The van der Waals surface area contributed by atoms with Crippen molar-refractivity contribution in [3.05, 3.63) is 60.2 Å². The Kier molecular flexibility index (Phi) is 4.93. The Labute approximate surface area is 122 Å². The van der Waals surface area contributed by atoms with Gasteiger partial charge in [0.25, 0.3) is 5.91 Å². The monoisotopic (exact) mass is 284 g/mol. The van der Waals surface area contributed by atoms with E-state index in [1.165, 1.54) is 0 Å². The third kappa shape index (κ3) is 4.35. The summed E-state index contributed by atoms with van der Waals surface area (Å²) in [5.74, 6) is 0.414. The summed E-state index contributed by atoms with van der Waals surface area (Å²) in [5.41, 5.74) is 1.96. The molecule has 0 unspecified atom stereocenters. The molecule has 0 spiro atoms. The highest BCUT2D eigenvalue weighted by Gasteiger charge is 2.04. The number of oxime groups is 1. The van der Waals surface area contributed by atoms with Crippen molar-refractivity contribution in [2.45, 2.75) is 6.92 Å². The van der Waals surface area contributed by atoms with Gasteiger partial charge in [-0.25, -0.2) is 0 Å². The van der Waals surface area contributed by atoms with E-state index < -0.39 is 0 Å². The zero-order chi connectivity index (χ0) is 15.1. The van der Waals surface area contributed by atoms with Crippen LogP contribution in [0, 0.1) is 0 Å². The van der Waals surface area contributed by atoms with Crippen molar-refractivity contribution in [1.29, 1.82) is 0 Å². The maximum atomic E-state index is 11.8. The van der Waals surface area contributed by atoms with E-state index in [9.17, 15) is 4.79 Å². The number of amides is 1. The van der Waals surface area contributed by atoms with E-state index in [0.717, 1.165) is 5.56 Å². The molecule has 0 bridgehead atoms. The minimum Gasteiger partial charge on any atom is -0.484 e. The van der Waals surface area contributed by atoms with E-state index in [1.54, 1.807) is 43.3 Å². The third-order valence-corrected chi connectivity index (χ3v) is 2.85. The summed E-state index contributed by atoms with van der Waals surface area (Å²) in [7, 11) is 0. The van der Waals surface area contributed by atoms with Gasteiger partial charge in [0.05, 0.1) is 5.71 Å². The molecule has 2 aromatic carbocycles. The van der Waals surface area contributed by atoms with Gasteiger partial charge >= 0.3 is 0 Å². The van der Waals surface area contributed by atoms with E-state index >= 15 is 0 Å². The molecule has 0 aliphatic carbocycles. The quantitative estimate of drug-likeness (QED) is 0.504. The van der Waals surface area contributed by atoms with Gasteiger partial charge in [0.1, 0.15) is 5.75 Å². The van der Waals surface area contributed by atoms with Gasteiger partial charge < -0.3 is 15.3 Å². The molecule has 0 atom stereocenters. The van der Waals surface area contributed by atoms with E-state index in [1.807, 2.05) is 18.2 Å². The van der Waals surface area contributed by atoms with E-state index in [-0.39, 0.29) is 12.5 Å². The van der Waals surface area contributed by atoms with Gasteiger partial charge in [0.2, 0.25) is 0 Å². The van der Waals surface area contributed by atoms with Crippen molar-refractivity contribution in [1.82, 2.24) is 0 Å². The first-order chi connectivity index (χ1) is 10.2. The number of benzene rings is 2. The van der Waals surface area contributed by atoms with E-state index in [2.05, 4.69) is 10.5 Å². The molecule has 108 valence electrons.